The van der Waals surface area contributed by atoms with E-state index in [0.717, 1.165) is 11.1 Å². The van der Waals surface area contributed by atoms with Crippen molar-refractivity contribution in [3.63, 3.8) is 0 Å². The molecule has 0 aliphatic heterocycles. The Balaban J connectivity index is 1.81. The topological polar surface area (TPSA) is 82.6 Å². The minimum atomic E-state index is -3.27. The summed E-state index contributed by atoms with van der Waals surface area (Å²) in [6, 6.07) is 14.0. The Hall–Kier alpha value is -2.45. The molecule has 3 N–H and O–H groups in total. The second kappa shape index (κ2) is 10.0. The summed E-state index contributed by atoms with van der Waals surface area (Å²) in [5, 5.41) is 6.33. The molecule has 0 aromatic heterocycles. The second-order valence-corrected chi connectivity index (χ2v) is 7.90. The molecule has 0 saturated heterocycles. The largest absolute Gasteiger partial charge is 0.356 e. The summed E-state index contributed by atoms with van der Waals surface area (Å²) >= 11 is 0. The van der Waals surface area contributed by atoms with Crippen LogP contribution in [0.1, 0.15) is 16.7 Å². The van der Waals surface area contributed by atoms with E-state index in [1.807, 2.05) is 18.2 Å². The van der Waals surface area contributed by atoms with Gasteiger partial charge >= 0.3 is 0 Å². The van der Waals surface area contributed by atoms with Gasteiger partial charge in [-0.05, 0) is 36.2 Å². The first-order valence-electron chi connectivity index (χ1n) is 8.60. The van der Waals surface area contributed by atoms with Crippen LogP contribution in [0.3, 0.4) is 0 Å². The Morgan fingerprint density at radius 3 is 2.33 bits per heavy atom. The number of hydrogen-bond donors (Lipinski definition) is 3. The highest BCUT2D eigenvalue weighted by molar-refractivity contribution is 7.88. The van der Waals surface area contributed by atoms with Gasteiger partial charge in [-0.1, -0.05) is 42.5 Å². The van der Waals surface area contributed by atoms with Gasteiger partial charge in [0, 0.05) is 20.1 Å². The third-order valence-corrected chi connectivity index (χ3v) is 5.35. The molecule has 0 heterocycles. The predicted octanol–water partition coefficient (Wildman–Crippen LogP) is 1.78. The molecular weight excluding hydrogens is 367 g/mol. The standard InChI is InChI=1S/C19H25FN4O2S/c1-21-19(23-12-11-17-5-3-4-6-18(17)20)24-13-15-7-9-16(10-8-15)14-27(25,26)22-2/h3-10,22H,11-14H2,1-2H3,(H2,21,23,24). The number of rotatable bonds is 8. The van der Waals surface area contributed by atoms with E-state index in [4.69, 9.17) is 0 Å². The van der Waals surface area contributed by atoms with Gasteiger partial charge < -0.3 is 10.6 Å². The van der Waals surface area contributed by atoms with Gasteiger partial charge in [0.05, 0.1) is 5.75 Å². The first-order valence-corrected chi connectivity index (χ1v) is 10.3. The molecule has 6 nitrogen and oxygen atoms in total. The van der Waals surface area contributed by atoms with E-state index in [2.05, 4.69) is 20.3 Å². The van der Waals surface area contributed by atoms with Crippen LogP contribution in [0.25, 0.3) is 0 Å². The summed E-state index contributed by atoms with van der Waals surface area (Å²) in [5.41, 5.74) is 2.38. The van der Waals surface area contributed by atoms with Crippen molar-refractivity contribution in [1.82, 2.24) is 15.4 Å². The van der Waals surface area contributed by atoms with Crippen LogP contribution in [0.5, 0.6) is 0 Å². The molecule has 0 aliphatic rings. The SMILES string of the molecule is CN=C(NCCc1ccccc1F)NCc1ccc(CS(=O)(=O)NC)cc1. The minimum absolute atomic E-state index is 0.0452. The van der Waals surface area contributed by atoms with Crippen molar-refractivity contribution in [2.24, 2.45) is 4.99 Å². The van der Waals surface area contributed by atoms with Crippen molar-refractivity contribution >= 4 is 16.0 Å². The van der Waals surface area contributed by atoms with Gasteiger partial charge in [0.25, 0.3) is 0 Å². The van der Waals surface area contributed by atoms with Crippen LogP contribution in [0.2, 0.25) is 0 Å². The number of sulfonamides is 1. The fourth-order valence-electron chi connectivity index (χ4n) is 2.47. The molecule has 0 radical (unpaired) electrons. The average Bonchev–Trinajstić information content (AvgIpc) is 2.67. The average molecular weight is 393 g/mol. The minimum Gasteiger partial charge on any atom is -0.356 e. The first kappa shape index (κ1) is 20.9. The van der Waals surface area contributed by atoms with Gasteiger partial charge in [-0.15, -0.1) is 0 Å². The zero-order valence-electron chi connectivity index (χ0n) is 15.5. The van der Waals surface area contributed by atoms with Crippen molar-refractivity contribution in [2.45, 2.75) is 18.7 Å². The van der Waals surface area contributed by atoms with Crippen LogP contribution < -0.4 is 15.4 Å². The van der Waals surface area contributed by atoms with E-state index in [1.54, 1.807) is 31.3 Å². The number of nitrogens with zero attached hydrogens (tertiary/aromatic N) is 1. The molecule has 8 heteroatoms. The Morgan fingerprint density at radius 2 is 1.70 bits per heavy atom. The molecule has 2 aromatic carbocycles. The molecule has 27 heavy (non-hydrogen) atoms. The second-order valence-electron chi connectivity index (χ2n) is 5.97. The lowest BCUT2D eigenvalue weighted by atomic mass is 10.1. The molecular formula is C19H25FN4O2S. The number of benzene rings is 2. The Labute approximate surface area is 160 Å². The van der Waals surface area contributed by atoms with Gasteiger partial charge in [-0.2, -0.15) is 0 Å². The molecule has 0 spiro atoms. The van der Waals surface area contributed by atoms with E-state index < -0.39 is 10.0 Å². The van der Waals surface area contributed by atoms with E-state index in [-0.39, 0.29) is 11.6 Å². The lowest BCUT2D eigenvalue weighted by Crippen LogP contribution is -2.37. The summed E-state index contributed by atoms with van der Waals surface area (Å²) in [6.07, 6.45) is 0.558. The van der Waals surface area contributed by atoms with E-state index >= 15 is 0 Å². The highest BCUT2D eigenvalue weighted by Gasteiger charge is 2.08. The Bertz CT molecular complexity index is 868. The summed E-state index contributed by atoms with van der Waals surface area (Å²) in [6.45, 7) is 1.10. The summed E-state index contributed by atoms with van der Waals surface area (Å²) < 4.78 is 39.0. The first-order chi connectivity index (χ1) is 12.9. The number of guanidine groups is 1. The van der Waals surface area contributed by atoms with Gasteiger partial charge in [0.15, 0.2) is 5.96 Å². The normalized spacial score (nSPS) is 12.0. The van der Waals surface area contributed by atoms with Gasteiger partial charge in [-0.25, -0.2) is 17.5 Å². The van der Waals surface area contributed by atoms with Crippen molar-refractivity contribution in [3.05, 3.63) is 71.0 Å². The smallest absolute Gasteiger partial charge is 0.215 e. The Kier molecular flexibility index (Phi) is 7.75. The summed E-state index contributed by atoms with van der Waals surface area (Å²) in [5.74, 6) is 0.368. The number of aliphatic imine (C=N–C) groups is 1. The van der Waals surface area contributed by atoms with Crippen LogP contribution in [0, 0.1) is 5.82 Å². The van der Waals surface area contributed by atoms with E-state index in [0.29, 0.717) is 31.0 Å². The summed E-state index contributed by atoms with van der Waals surface area (Å²) in [7, 11) is -0.201. The quantitative estimate of drug-likeness (QED) is 0.472. The zero-order chi connectivity index (χ0) is 19.7. The molecule has 0 fully saturated rings. The van der Waals surface area contributed by atoms with Crippen molar-refractivity contribution in [2.75, 3.05) is 20.6 Å². The lowest BCUT2D eigenvalue weighted by Gasteiger charge is -2.12. The van der Waals surface area contributed by atoms with E-state index in [9.17, 15) is 12.8 Å². The fourth-order valence-corrected chi connectivity index (χ4v) is 3.24. The molecule has 0 unspecified atom stereocenters. The van der Waals surface area contributed by atoms with Crippen molar-refractivity contribution in [3.8, 4) is 0 Å². The summed E-state index contributed by atoms with van der Waals surface area (Å²) in [4.78, 5) is 4.15. The van der Waals surface area contributed by atoms with Crippen LogP contribution in [0.15, 0.2) is 53.5 Å². The highest BCUT2D eigenvalue weighted by atomic mass is 32.2. The molecule has 0 amide bonds. The lowest BCUT2D eigenvalue weighted by molar-refractivity contribution is 0.587. The third kappa shape index (κ3) is 6.99. The maximum atomic E-state index is 13.6. The molecule has 0 bridgehead atoms. The van der Waals surface area contributed by atoms with Gasteiger partial charge in [0.2, 0.25) is 10.0 Å². The van der Waals surface area contributed by atoms with Crippen LogP contribution >= 0.6 is 0 Å². The van der Waals surface area contributed by atoms with Gasteiger partial charge in [-0.3, -0.25) is 4.99 Å². The molecule has 0 saturated carbocycles. The van der Waals surface area contributed by atoms with Crippen LogP contribution in [-0.4, -0.2) is 35.0 Å². The maximum absolute atomic E-state index is 13.6. The molecule has 2 rings (SSSR count). The predicted molar refractivity (Wildman–Crippen MR) is 106 cm³/mol. The van der Waals surface area contributed by atoms with Crippen LogP contribution in [-0.2, 0) is 28.7 Å². The molecule has 0 atom stereocenters. The third-order valence-electron chi connectivity index (χ3n) is 4.02. The van der Waals surface area contributed by atoms with Crippen LogP contribution in [0.4, 0.5) is 4.39 Å². The zero-order valence-corrected chi connectivity index (χ0v) is 16.3. The molecule has 0 aliphatic carbocycles. The van der Waals surface area contributed by atoms with Crippen molar-refractivity contribution in [1.29, 1.82) is 0 Å². The molecule has 146 valence electrons. The van der Waals surface area contributed by atoms with Crippen molar-refractivity contribution < 1.29 is 12.8 Å². The number of nitrogens with one attached hydrogen (secondary N) is 3. The number of hydrogen-bond acceptors (Lipinski definition) is 3. The monoisotopic (exact) mass is 392 g/mol. The number of halogens is 1. The fraction of sp³-hybridized carbons (Fsp3) is 0.316. The van der Waals surface area contributed by atoms with E-state index in [1.165, 1.54) is 13.1 Å². The highest BCUT2D eigenvalue weighted by Crippen LogP contribution is 2.08. The Morgan fingerprint density at radius 1 is 1.04 bits per heavy atom. The van der Waals surface area contributed by atoms with Gasteiger partial charge in [0.1, 0.15) is 5.82 Å². The molecule has 2 aromatic rings. The maximum Gasteiger partial charge on any atom is 0.215 e.